The molecule has 0 aliphatic carbocycles. The van der Waals surface area contributed by atoms with E-state index in [-0.39, 0.29) is 0 Å². The molecule has 0 unspecified atom stereocenters. The number of hydrogen-bond donors (Lipinski definition) is 2. The van der Waals surface area contributed by atoms with E-state index in [1.165, 1.54) is 0 Å². The zero-order valence-corrected chi connectivity index (χ0v) is 11.0. The number of rotatable bonds is 4. The van der Waals surface area contributed by atoms with Crippen LogP contribution in [0.1, 0.15) is 16.7 Å². The highest BCUT2D eigenvalue weighted by Crippen LogP contribution is 2.18. The molecule has 0 aromatic heterocycles. The summed E-state index contributed by atoms with van der Waals surface area (Å²) >= 11 is 6.15. The summed E-state index contributed by atoms with van der Waals surface area (Å²) in [5, 5.41) is 13.7. The van der Waals surface area contributed by atoms with Crippen molar-refractivity contribution in [3.8, 4) is 5.75 Å². The number of aromatic hydroxyl groups is 1. The highest BCUT2D eigenvalue weighted by Gasteiger charge is 2.02. The minimum Gasteiger partial charge on any atom is -0.508 e. The third-order valence-electron chi connectivity index (χ3n) is 2.83. The van der Waals surface area contributed by atoms with Gasteiger partial charge < -0.3 is 10.4 Å². The first-order valence-corrected chi connectivity index (χ1v) is 6.27. The number of halogens is 1. The van der Waals surface area contributed by atoms with Gasteiger partial charge in [-0.2, -0.15) is 0 Å². The smallest absolute Gasteiger partial charge is 0.120 e. The van der Waals surface area contributed by atoms with Crippen LogP contribution in [0, 0.1) is 6.92 Å². The van der Waals surface area contributed by atoms with Crippen molar-refractivity contribution in [3.05, 3.63) is 64.2 Å². The Bertz CT molecular complexity index is 540. The lowest BCUT2D eigenvalue weighted by atomic mass is 10.1. The van der Waals surface area contributed by atoms with Crippen LogP contribution < -0.4 is 5.32 Å². The van der Waals surface area contributed by atoms with Crippen LogP contribution in [0.25, 0.3) is 0 Å². The minimum atomic E-state index is 0.319. The van der Waals surface area contributed by atoms with Gasteiger partial charge in [0.25, 0.3) is 0 Å². The fourth-order valence-electron chi connectivity index (χ4n) is 1.79. The van der Waals surface area contributed by atoms with Crippen molar-refractivity contribution in [2.45, 2.75) is 20.0 Å². The Kier molecular flexibility index (Phi) is 4.24. The van der Waals surface area contributed by atoms with Gasteiger partial charge in [-0.05, 0) is 30.2 Å². The fourth-order valence-corrected chi connectivity index (χ4v) is 2.09. The van der Waals surface area contributed by atoms with E-state index < -0.39 is 0 Å². The molecule has 94 valence electrons. The summed E-state index contributed by atoms with van der Waals surface area (Å²) in [4.78, 5) is 0. The first-order valence-electron chi connectivity index (χ1n) is 5.89. The Balaban J connectivity index is 1.95. The van der Waals surface area contributed by atoms with Crippen molar-refractivity contribution >= 4 is 11.6 Å². The van der Waals surface area contributed by atoms with Crippen LogP contribution in [0.2, 0.25) is 5.02 Å². The van der Waals surface area contributed by atoms with Crippen LogP contribution in [0.4, 0.5) is 0 Å². The van der Waals surface area contributed by atoms with E-state index in [4.69, 9.17) is 11.6 Å². The molecule has 0 bridgehead atoms. The van der Waals surface area contributed by atoms with Gasteiger partial charge in [0.2, 0.25) is 0 Å². The van der Waals surface area contributed by atoms with Crippen molar-refractivity contribution in [2.24, 2.45) is 0 Å². The fraction of sp³-hybridized carbons (Fsp3) is 0.200. The summed E-state index contributed by atoms with van der Waals surface area (Å²) in [5.41, 5.74) is 3.11. The lowest BCUT2D eigenvalue weighted by Gasteiger charge is -2.08. The monoisotopic (exact) mass is 261 g/mol. The second kappa shape index (κ2) is 5.89. The highest BCUT2D eigenvalue weighted by molar-refractivity contribution is 6.31. The number of aryl methyl sites for hydroxylation is 1. The van der Waals surface area contributed by atoms with E-state index in [1.54, 1.807) is 6.07 Å². The molecule has 0 aliphatic rings. The van der Waals surface area contributed by atoms with Crippen molar-refractivity contribution in [2.75, 3.05) is 0 Å². The van der Waals surface area contributed by atoms with Gasteiger partial charge in [-0.3, -0.25) is 0 Å². The molecular weight excluding hydrogens is 246 g/mol. The second-order valence-corrected chi connectivity index (χ2v) is 4.73. The Hall–Kier alpha value is -1.51. The summed E-state index contributed by atoms with van der Waals surface area (Å²) in [7, 11) is 0. The third kappa shape index (κ3) is 3.25. The normalized spacial score (nSPS) is 10.6. The zero-order chi connectivity index (χ0) is 13.0. The predicted octanol–water partition coefficient (Wildman–Crippen LogP) is 3.64. The molecular formula is C15H16ClNO. The van der Waals surface area contributed by atoms with E-state index in [0.717, 1.165) is 21.7 Å². The summed E-state index contributed by atoms with van der Waals surface area (Å²) < 4.78 is 0. The molecule has 2 aromatic carbocycles. The predicted molar refractivity (Wildman–Crippen MR) is 74.8 cm³/mol. The zero-order valence-electron chi connectivity index (χ0n) is 10.3. The average molecular weight is 262 g/mol. The van der Waals surface area contributed by atoms with Crippen molar-refractivity contribution in [3.63, 3.8) is 0 Å². The topological polar surface area (TPSA) is 32.3 Å². The van der Waals surface area contributed by atoms with Crippen molar-refractivity contribution in [1.29, 1.82) is 0 Å². The molecule has 2 nitrogen and oxygen atoms in total. The van der Waals surface area contributed by atoms with Crippen LogP contribution in [0.15, 0.2) is 42.5 Å². The highest BCUT2D eigenvalue weighted by atomic mass is 35.5. The van der Waals surface area contributed by atoms with Crippen LogP contribution in [-0.2, 0) is 13.1 Å². The van der Waals surface area contributed by atoms with E-state index in [0.29, 0.717) is 18.8 Å². The van der Waals surface area contributed by atoms with Gasteiger partial charge in [0.05, 0.1) is 0 Å². The molecule has 2 N–H and O–H groups in total. The van der Waals surface area contributed by atoms with Crippen LogP contribution in [0.3, 0.4) is 0 Å². The summed E-state index contributed by atoms with van der Waals surface area (Å²) in [6.45, 7) is 3.33. The van der Waals surface area contributed by atoms with E-state index in [1.807, 2.05) is 43.3 Å². The Morgan fingerprint density at radius 3 is 2.50 bits per heavy atom. The third-order valence-corrected chi connectivity index (χ3v) is 3.18. The summed E-state index contributed by atoms with van der Waals surface area (Å²) in [5.74, 6) is 0.319. The Morgan fingerprint density at radius 2 is 1.78 bits per heavy atom. The van der Waals surface area contributed by atoms with Crippen LogP contribution in [-0.4, -0.2) is 5.11 Å². The maximum atomic E-state index is 9.63. The van der Waals surface area contributed by atoms with E-state index in [9.17, 15) is 5.11 Å². The number of para-hydroxylation sites is 1. The molecule has 0 aliphatic heterocycles. The molecule has 0 atom stereocenters. The van der Waals surface area contributed by atoms with Gasteiger partial charge in [0.1, 0.15) is 5.75 Å². The molecule has 2 rings (SSSR count). The minimum absolute atomic E-state index is 0.319. The number of hydrogen-bond acceptors (Lipinski definition) is 2. The molecule has 0 saturated heterocycles. The van der Waals surface area contributed by atoms with Gasteiger partial charge >= 0.3 is 0 Å². The molecule has 18 heavy (non-hydrogen) atoms. The van der Waals surface area contributed by atoms with Gasteiger partial charge in [-0.15, -0.1) is 0 Å². The standard InChI is InChI=1S/C15H16ClNO/c1-11-6-7-12(14(16)8-11)9-17-10-13-4-2-3-5-15(13)18/h2-8,17-18H,9-10H2,1H3. The van der Waals surface area contributed by atoms with E-state index in [2.05, 4.69) is 5.32 Å². The maximum Gasteiger partial charge on any atom is 0.120 e. The molecule has 0 fully saturated rings. The van der Waals surface area contributed by atoms with E-state index >= 15 is 0 Å². The SMILES string of the molecule is Cc1ccc(CNCc2ccccc2O)c(Cl)c1. The molecule has 0 amide bonds. The van der Waals surface area contributed by atoms with Gasteiger partial charge in [0.15, 0.2) is 0 Å². The molecule has 0 spiro atoms. The molecule has 0 saturated carbocycles. The van der Waals surface area contributed by atoms with Crippen LogP contribution >= 0.6 is 11.6 Å². The van der Waals surface area contributed by atoms with Crippen LogP contribution in [0.5, 0.6) is 5.75 Å². The molecule has 3 heteroatoms. The van der Waals surface area contributed by atoms with Crippen molar-refractivity contribution < 1.29 is 5.11 Å². The lowest BCUT2D eigenvalue weighted by molar-refractivity contribution is 0.464. The number of phenols is 1. The molecule has 2 aromatic rings. The first kappa shape index (κ1) is 12.9. The quantitative estimate of drug-likeness (QED) is 0.881. The Morgan fingerprint density at radius 1 is 1.06 bits per heavy atom. The summed E-state index contributed by atoms with van der Waals surface area (Å²) in [6, 6.07) is 13.3. The second-order valence-electron chi connectivity index (χ2n) is 4.33. The number of benzene rings is 2. The number of nitrogens with one attached hydrogen (secondary N) is 1. The number of phenolic OH excluding ortho intramolecular Hbond substituents is 1. The van der Waals surface area contributed by atoms with Crippen molar-refractivity contribution in [1.82, 2.24) is 5.32 Å². The van der Waals surface area contributed by atoms with Gasteiger partial charge in [0, 0.05) is 23.7 Å². The maximum absolute atomic E-state index is 9.63. The summed E-state index contributed by atoms with van der Waals surface area (Å²) in [6.07, 6.45) is 0. The Labute approximate surface area is 112 Å². The lowest BCUT2D eigenvalue weighted by Crippen LogP contribution is -2.13. The first-order chi connectivity index (χ1) is 8.66. The average Bonchev–Trinajstić information content (AvgIpc) is 2.34. The largest absolute Gasteiger partial charge is 0.508 e. The molecule has 0 heterocycles. The van der Waals surface area contributed by atoms with Gasteiger partial charge in [-0.25, -0.2) is 0 Å². The van der Waals surface area contributed by atoms with Gasteiger partial charge in [-0.1, -0.05) is 41.9 Å². The molecule has 0 radical (unpaired) electrons.